The second kappa shape index (κ2) is 6.35. The molecule has 1 aliphatic heterocycles. The maximum Gasteiger partial charge on any atom is 0.291 e. The molecule has 1 aromatic carbocycles. The van der Waals surface area contributed by atoms with Crippen LogP contribution >= 0.6 is 0 Å². The maximum absolute atomic E-state index is 12.3. The third kappa shape index (κ3) is 3.67. The molecule has 0 spiro atoms. The number of nitrogens with one attached hydrogen (secondary N) is 2. The molecule has 2 rings (SSSR count). The van der Waals surface area contributed by atoms with E-state index < -0.39 is 20.6 Å². The highest BCUT2D eigenvalue weighted by molar-refractivity contribution is 7.89. The Labute approximate surface area is 122 Å². The van der Waals surface area contributed by atoms with Crippen LogP contribution in [-0.4, -0.2) is 51.7 Å². The molecule has 10 heteroatoms. The fourth-order valence-corrected chi connectivity index (χ4v) is 3.19. The van der Waals surface area contributed by atoms with E-state index in [0.717, 1.165) is 0 Å². The van der Waals surface area contributed by atoms with Crippen molar-refractivity contribution in [1.82, 2.24) is 9.84 Å². The third-order valence-electron chi connectivity index (χ3n) is 2.99. The summed E-state index contributed by atoms with van der Waals surface area (Å²) in [4.78, 5) is 12.3. The number of ether oxygens (including phenoxy) is 1. The Balaban J connectivity index is 2.32. The Bertz CT molecular complexity index is 628. The number of morpholine rings is 1. The molecule has 1 aliphatic rings. The van der Waals surface area contributed by atoms with Gasteiger partial charge in [-0.3, -0.25) is 10.1 Å². The number of rotatable bonds is 5. The molecule has 1 fully saturated rings. The molecule has 0 radical (unpaired) electrons. The maximum atomic E-state index is 12.3. The number of nitro benzene ring substituents is 1. The summed E-state index contributed by atoms with van der Waals surface area (Å²) in [7, 11) is -2.41. The Morgan fingerprint density at radius 1 is 1.33 bits per heavy atom. The average molecular weight is 316 g/mol. The number of nitrogens with zero attached hydrogens (tertiary/aromatic N) is 2. The van der Waals surface area contributed by atoms with Gasteiger partial charge in [-0.25, -0.2) is 13.4 Å². The fourth-order valence-electron chi connectivity index (χ4n) is 1.92. The van der Waals surface area contributed by atoms with Crippen LogP contribution in [0.2, 0.25) is 0 Å². The molecular weight excluding hydrogens is 300 g/mol. The zero-order chi connectivity index (χ0) is 15.5. The SMILES string of the molecule is CNc1ccc(S(=O)(=O)NN2CCOCC2)c([N+](=O)[O-])c1. The van der Waals surface area contributed by atoms with E-state index >= 15 is 0 Å². The minimum Gasteiger partial charge on any atom is -0.388 e. The molecule has 21 heavy (non-hydrogen) atoms. The number of hydrogen-bond donors (Lipinski definition) is 2. The van der Waals surface area contributed by atoms with Gasteiger partial charge in [0, 0.05) is 31.9 Å². The fraction of sp³-hybridized carbons (Fsp3) is 0.455. The minimum atomic E-state index is -4.01. The Hall–Kier alpha value is -1.75. The summed E-state index contributed by atoms with van der Waals surface area (Å²) in [5.74, 6) is 0. The minimum absolute atomic E-state index is 0.363. The van der Waals surface area contributed by atoms with Gasteiger partial charge in [-0.2, -0.15) is 0 Å². The van der Waals surface area contributed by atoms with Gasteiger partial charge in [0.1, 0.15) is 0 Å². The van der Waals surface area contributed by atoms with Crippen molar-refractivity contribution in [3.8, 4) is 0 Å². The number of nitro groups is 1. The molecule has 1 aromatic rings. The monoisotopic (exact) mass is 316 g/mol. The second-order valence-corrected chi connectivity index (χ2v) is 6.01. The number of benzene rings is 1. The highest BCUT2D eigenvalue weighted by Gasteiger charge is 2.28. The Kier molecular flexibility index (Phi) is 4.73. The Morgan fingerprint density at radius 3 is 2.57 bits per heavy atom. The first-order valence-electron chi connectivity index (χ1n) is 6.25. The normalized spacial score (nSPS) is 16.6. The van der Waals surface area contributed by atoms with Crippen LogP contribution in [0.4, 0.5) is 11.4 Å². The van der Waals surface area contributed by atoms with Crippen LogP contribution in [0.25, 0.3) is 0 Å². The van der Waals surface area contributed by atoms with Crippen LogP contribution in [0.15, 0.2) is 23.1 Å². The van der Waals surface area contributed by atoms with E-state index in [2.05, 4.69) is 10.1 Å². The first kappa shape index (κ1) is 15.6. The highest BCUT2D eigenvalue weighted by atomic mass is 32.2. The van der Waals surface area contributed by atoms with Crippen molar-refractivity contribution in [3.05, 3.63) is 28.3 Å². The average Bonchev–Trinajstić information content (AvgIpc) is 2.47. The first-order chi connectivity index (χ1) is 9.94. The van der Waals surface area contributed by atoms with E-state index in [1.54, 1.807) is 7.05 Å². The molecule has 0 amide bonds. The number of anilines is 1. The van der Waals surface area contributed by atoms with Crippen molar-refractivity contribution in [1.29, 1.82) is 0 Å². The summed E-state index contributed by atoms with van der Waals surface area (Å²) >= 11 is 0. The molecule has 1 saturated heterocycles. The number of hydrazine groups is 1. The van der Waals surface area contributed by atoms with E-state index in [1.165, 1.54) is 23.2 Å². The molecule has 1 heterocycles. The van der Waals surface area contributed by atoms with Gasteiger partial charge in [0.25, 0.3) is 15.7 Å². The number of hydrogen-bond acceptors (Lipinski definition) is 7. The van der Waals surface area contributed by atoms with E-state index in [9.17, 15) is 18.5 Å². The highest BCUT2D eigenvalue weighted by Crippen LogP contribution is 2.27. The van der Waals surface area contributed by atoms with E-state index in [4.69, 9.17) is 4.74 Å². The zero-order valence-corrected chi connectivity index (χ0v) is 12.2. The summed E-state index contributed by atoms with van der Waals surface area (Å²) in [6.07, 6.45) is 0. The predicted octanol–water partition coefficient (Wildman–Crippen LogP) is 0.162. The van der Waals surface area contributed by atoms with Crippen molar-refractivity contribution in [2.75, 3.05) is 38.7 Å². The molecular formula is C11H16N4O5S. The lowest BCUT2D eigenvalue weighted by atomic mass is 10.3. The van der Waals surface area contributed by atoms with Crippen molar-refractivity contribution < 1.29 is 18.1 Å². The summed E-state index contributed by atoms with van der Waals surface area (Å²) < 4.78 is 29.7. The molecule has 9 nitrogen and oxygen atoms in total. The van der Waals surface area contributed by atoms with Crippen LogP contribution in [0.5, 0.6) is 0 Å². The zero-order valence-electron chi connectivity index (χ0n) is 11.4. The van der Waals surface area contributed by atoms with Crippen molar-refractivity contribution in [3.63, 3.8) is 0 Å². The molecule has 0 unspecified atom stereocenters. The molecule has 0 atom stereocenters. The van der Waals surface area contributed by atoms with Gasteiger partial charge < -0.3 is 10.1 Å². The van der Waals surface area contributed by atoms with Crippen LogP contribution in [0, 0.1) is 10.1 Å². The lowest BCUT2D eigenvalue weighted by Crippen LogP contribution is -2.48. The largest absolute Gasteiger partial charge is 0.388 e. The van der Waals surface area contributed by atoms with Gasteiger partial charge in [0.15, 0.2) is 4.90 Å². The van der Waals surface area contributed by atoms with Gasteiger partial charge in [0.05, 0.1) is 18.1 Å². The van der Waals surface area contributed by atoms with Crippen molar-refractivity contribution in [2.45, 2.75) is 4.90 Å². The first-order valence-corrected chi connectivity index (χ1v) is 7.73. The van der Waals surface area contributed by atoms with Crippen LogP contribution in [0.1, 0.15) is 0 Å². The lowest BCUT2D eigenvalue weighted by molar-refractivity contribution is -0.387. The van der Waals surface area contributed by atoms with Crippen LogP contribution in [-0.2, 0) is 14.8 Å². The standard InChI is InChI=1S/C11H16N4O5S/c1-12-9-2-3-11(10(8-9)15(16)17)21(18,19)13-14-4-6-20-7-5-14/h2-3,8,12-13H,4-7H2,1H3. The summed E-state index contributed by atoms with van der Waals surface area (Å²) in [5, 5.41) is 15.3. The van der Waals surface area contributed by atoms with Crippen molar-refractivity contribution in [2.24, 2.45) is 0 Å². The predicted molar refractivity (Wildman–Crippen MR) is 75.4 cm³/mol. The molecule has 0 aromatic heterocycles. The molecule has 0 aliphatic carbocycles. The van der Waals surface area contributed by atoms with Crippen LogP contribution in [0.3, 0.4) is 0 Å². The van der Waals surface area contributed by atoms with Gasteiger partial charge in [-0.15, -0.1) is 4.83 Å². The van der Waals surface area contributed by atoms with Crippen LogP contribution < -0.4 is 10.1 Å². The lowest BCUT2D eigenvalue weighted by Gasteiger charge is -2.26. The van der Waals surface area contributed by atoms with Crippen molar-refractivity contribution >= 4 is 21.4 Å². The summed E-state index contributed by atoms with van der Waals surface area (Å²) in [5.41, 5.74) is -0.00497. The molecule has 116 valence electrons. The molecule has 0 saturated carbocycles. The second-order valence-electron chi connectivity index (χ2n) is 4.38. The van der Waals surface area contributed by atoms with Gasteiger partial charge >= 0.3 is 0 Å². The smallest absolute Gasteiger partial charge is 0.291 e. The third-order valence-corrected chi connectivity index (χ3v) is 4.42. The summed E-state index contributed by atoms with van der Waals surface area (Å²) in [6, 6.07) is 3.88. The number of sulfonamides is 1. The van der Waals surface area contributed by atoms with Gasteiger partial charge in [-0.05, 0) is 12.1 Å². The van der Waals surface area contributed by atoms with Gasteiger partial charge in [0.2, 0.25) is 0 Å². The van der Waals surface area contributed by atoms with E-state index in [0.29, 0.717) is 32.0 Å². The topological polar surface area (TPSA) is 114 Å². The summed E-state index contributed by atoms with van der Waals surface area (Å²) in [6.45, 7) is 1.59. The Morgan fingerprint density at radius 2 is 2.00 bits per heavy atom. The van der Waals surface area contributed by atoms with E-state index in [1.807, 2.05) is 0 Å². The quantitative estimate of drug-likeness (QED) is 0.587. The molecule has 0 bridgehead atoms. The van der Waals surface area contributed by atoms with E-state index in [-0.39, 0.29) is 4.90 Å². The molecule has 2 N–H and O–H groups in total. The van der Waals surface area contributed by atoms with Gasteiger partial charge in [-0.1, -0.05) is 0 Å².